The number of nitrogens with one attached hydrogen (secondary N) is 1. The van der Waals surface area contributed by atoms with Crippen LogP contribution in [0.5, 0.6) is 0 Å². The number of carbonyl (C=O) groups excluding carboxylic acids is 2. The van der Waals surface area contributed by atoms with Crippen molar-refractivity contribution < 1.29 is 37.3 Å². The van der Waals surface area contributed by atoms with Gasteiger partial charge >= 0.3 is 5.97 Å². The third-order valence-electron chi connectivity index (χ3n) is 14.0. The van der Waals surface area contributed by atoms with Crippen LogP contribution in [-0.2, 0) is 27.9 Å². The number of rotatable bonds is 57. The average molecular weight is 1060 g/mol. The molecule has 0 rings (SSSR count). The van der Waals surface area contributed by atoms with Crippen molar-refractivity contribution in [2.45, 2.75) is 309 Å². The quantitative estimate of drug-likeness (QED) is 0.0212. The van der Waals surface area contributed by atoms with Gasteiger partial charge in [0.2, 0.25) is 5.91 Å². The summed E-state index contributed by atoms with van der Waals surface area (Å²) < 4.78 is 30.3. The molecule has 0 aliphatic carbocycles. The number of esters is 1. The van der Waals surface area contributed by atoms with Gasteiger partial charge in [0.25, 0.3) is 7.82 Å². The third-order valence-corrected chi connectivity index (χ3v) is 15.0. The number of phosphoric acid groups is 1. The summed E-state index contributed by atoms with van der Waals surface area (Å²) in [5.74, 6) is -0.556. The maximum atomic E-state index is 13.5. The predicted octanol–water partition coefficient (Wildman–Crippen LogP) is 18.6. The van der Waals surface area contributed by atoms with Crippen LogP contribution >= 0.6 is 7.82 Å². The molecule has 1 N–H and O–H groups in total. The topological polar surface area (TPSA) is 114 Å². The number of quaternary nitrogens is 1. The Morgan fingerprint density at radius 3 is 1.30 bits per heavy atom. The van der Waals surface area contributed by atoms with Crippen molar-refractivity contribution in [1.29, 1.82) is 0 Å². The lowest BCUT2D eigenvalue weighted by Gasteiger charge is -2.30. The zero-order valence-corrected chi connectivity index (χ0v) is 50.4. The third kappa shape index (κ3) is 54.7. The van der Waals surface area contributed by atoms with Gasteiger partial charge in [-0.25, -0.2) is 0 Å². The molecule has 0 aromatic heterocycles. The van der Waals surface area contributed by atoms with E-state index >= 15 is 0 Å². The van der Waals surface area contributed by atoms with Crippen LogP contribution in [0, 0.1) is 0 Å². The molecule has 0 saturated heterocycles. The van der Waals surface area contributed by atoms with E-state index in [1.165, 1.54) is 173 Å². The van der Waals surface area contributed by atoms with Crippen LogP contribution in [0.15, 0.2) is 48.6 Å². The first-order chi connectivity index (χ1) is 35.9. The maximum absolute atomic E-state index is 13.5. The Hall–Kier alpha value is -2.03. The number of nitrogens with zero attached hydrogens (tertiary/aromatic N) is 1. The van der Waals surface area contributed by atoms with Crippen LogP contribution in [0.2, 0.25) is 0 Å². The van der Waals surface area contributed by atoms with Gasteiger partial charge in [-0.1, -0.05) is 269 Å². The van der Waals surface area contributed by atoms with Crippen LogP contribution in [0.1, 0.15) is 297 Å². The highest BCUT2D eigenvalue weighted by Gasteiger charge is 2.27. The number of phosphoric ester groups is 1. The minimum absolute atomic E-state index is 0.0249. The zero-order valence-electron chi connectivity index (χ0n) is 49.6. The molecule has 3 unspecified atom stereocenters. The molecule has 0 aromatic rings. The standard InChI is InChI=1S/C64H121N2O7P/c1-7-10-13-16-19-22-25-28-30-31-32-33-34-35-36-38-41-44-47-50-53-56-63(67)65-61(60-72-74(69,70)71-59-58-66(4,5)6)62(55-52-49-46-43-40-37-27-24-21-18-15-12-9-3)73-64(68)57-54-51-48-45-42-39-29-26-23-20-17-14-11-8-2/h11,14,20,23,29,39,52,55,61-62H,7-10,12-13,15-19,21-22,24-28,30-38,40-51,53-54,56-60H2,1-6H3,(H-,65,67,69,70)/b14-11+,23-20+,39-29+,55-52+. The van der Waals surface area contributed by atoms with Crippen LogP contribution < -0.4 is 10.2 Å². The SMILES string of the molecule is CC/C=C/C/C=C/C/C=C/CCCCCCC(=O)OC(/C=C/CCCCCCCCCCCCC)C(COP(=O)([O-])OCC[N+](C)(C)C)NC(=O)CCCCCCCCCCCCCCCCCCCCCCC. The van der Waals surface area contributed by atoms with Gasteiger partial charge in [0.1, 0.15) is 19.3 Å². The lowest BCUT2D eigenvalue weighted by molar-refractivity contribution is -0.870. The second-order valence-electron chi connectivity index (χ2n) is 22.5. The highest BCUT2D eigenvalue weighted by atomic mass is 31.2. The minimum atomic E-state index is -4.70. The molecule has 0 aromatic carbocycles. The van der Waals surface area contributed by atoms with Gasteiger partial charge in [-0.2, -0.15) is 0 Å². The average Bonchev–Trinajstić information content (AvgIpc) is 3.36. The van der Waals surface area contributed by atoms with Crippen molar-refractivity contribution >= 4 is 19.7 Å². The minimum Gasteiger partial charge on any atom is -0.756 e. The van der Waals surface area contributed by atoms with Crippen molar-refractivity contribution in [3.8, 4) is 0 Å². The largest absolute Gasteiger partial charge is 0.756 e. The fraction of sp³-hybridized carbons (Fsp3) is 0.844. The summed E-state index contributed by atoms with van der Waals surface area (Å²) in [7, 11) is 1.18. The molecule has 74 heavy (non-hydrogen) atoms. The van der Waals surface area contributed by atoms with Gasteiger partial charge in [-0.05, 0) is 63.9 Å². The number of carbonyl (C=O) groups is 2. The van der Waals surface area contributed by atoms with Gasteiger partial charge < -0.3 is 28.5 Å². The Kier molecular flexibility index (Phi) is 52.8. The number of amides is 1. The molecule has 0 radical (unpaired) electrons. The van der Waals surface area contributed by atoms with E-state index in [1.807, 2.05) is 33.3 Å². The van der Waals surface area contributed by atoms with E-state index in [2.05, 4.69) is 62.5 Å². The smallest absolute Gasteiger partial charge is 0.306 e. The van der Waals surface area contributed by atoms with Crippen molar-refractivity contribution in [1.82, 2.24) is 5.32 Å². The molecule has 0 fully saturated rings. The number of hydrogen-bond donors (Lipinski definition) is 1. The first-order valence-corrected chi connectivity index (χ1v) is 32.9. The fourth-order valence-electron chi connectivity index (χ4n) is 9.19. The van der Waals surface area contributed by atoms with Gasteiger partial charge in [-0.3, -0.25) is 14.2 Å². The Morgan fingerprint density at radius 1 is 0.486 bits per heavy atom. The van der Waals surface area contributed by atoms with Crippen LogP contribution in [0.3, 0.4) is 0 Å². The lowest BCUT2D eigenvalue weighted by atomic mass is 10.0. The first kappa shape index (κ1) is 72.0. The maximum Gasteiger partial charge on any atom is 0.306 e. The van der Waals surface area contributed by atoms with E-state index in [0.717, 1.165) is 83.5 Å². The highest BCUT2D eigenvalue weighted by Crippen LogP contribution is 2.38. The Bertz CT molecular complexity index is 1410. The van der Waals surface area contributed by atoms with Crippen molar-refractivity contribution in [3.63, 3.8) is 0 Å². The number of hydrogen-bond acceptors (Lipinski definition) is 7. The van der Waals surface area contributed by atoms with Crippen molar-refractivity contribution in [2.75, 3.05) is 40.9 Å². The van der Waals surface area contributed by atoms with E-state index in [0.29, 0.717) is 23.9 Å². The van der Waals surface area contributed by atoms with E-state index in [1.54, 1.807) is 0 Å². The number of likely N-dealkylation sites (N-methyl/N-ethyl adjacent to an activating group) is 1. The Balaban J connectivity index is 5.22. The summed E-state index contributed by atoms with van der Waals surface area (Å²) >= 11 is 0. The van der Waals surface area contributed by atoms with Gasteiger partial charge in [-0.15, -0.1) is 0 Å². The second kappa shape index (κ2) is 54.3. The number of ether oxygens (including phenoxy) is 1. The summed E-state index contributed by atoms with van der Waals surface area (Å²) in [6, 6.07) is -0.895. The molecule has 0 aliphatic rings. The highest BCUT2D eigenvalue weighted by molar-refractivity contribution is 7.45. The number of unbranched alkanes of at least 4 members (excludes halogenated alkanes) is 35. The van der Waals surface area contributed by atoms with Crippen LogP contribution in [0.25, 0.3) is 0 Å². The van der Waals surface area contributed by atoms with Crippen molar-refractivity contribution in [3.05, 3.63) is 48.6 Å². The van der Waals surface area contributed by atoms with Crippen LogP contribution in [0.4, 0.5) is 0 Å². The predicted molar refractivity (Wildman–Crippen MR) is 316 cm³/mol. The monoisotopic (exact) mass is 1060 g/mol. The molecular formula is C64H121N2O7P. The molecule has 434 valence electrons. The molecule has 0 saturated carbocycles. The van der Waals surface area contributed by atoms with E-state index in [-0.39, 0.29) is 24.9 Å². The molecule has 0 aliphatic heterocycles. The molecule has 0 spiro atoms. The molecule has 9 nitrogen and oxygen atoms in total. The summed E-state index contributed by atoms with van der Waals surface area (Å²) in [6.07, 6.45) is 66.5. The molecule has 10 heteroatoms. The molecule has 0 heterocycles. The summed E-state index contributed by atoms with van der Waals surface area (Å²) in [4.78, 5) is 40.0. The summed E-state index contributed by atoms with van der Waals surface area (Å²) in [6.45, 7) is 6.75. The van der Waals surface area contributed by atoms with E-state index in [4.69, 9.17) is 13.8 Å². The fourth-order valence-corrected chi connectivity index (χ4v) is 9.91. The normalized spacial score (nSPS) is 14.0. The second-order valence-corrected chi connectivity index (χ2v) is 23.9. The molecule has 1 amide bonds. The van der Waals surface area contributed by atoms with Gasteiger partial charge in [0.15, 0.2) is 0 Å². The van der Waals surface area contributed by atoms with E-state index in [9.17, 15) is 19.0 Å². The zero-order chi connectivity index (χ0) is 54.3. The van der Waals surface area contributed by atoms with Crippen LogP contribution in [-0.4, -0.2) is 69.4 Å². The Morgan fingerprint density at radius 2 is 0.865 bits per heavy atom. The van der Waals surface area contributed by atoms with Gasteiger partial charge in [0.05, 0.1) is 33.8 Å². The van der Waals surface area contributed by atoms with Gasteiger partial charge in [0, 0.05) is 12.8 Å². The number of allylic oxidation sites excluding steroid dienone is 7. The summed E-state index contributed by atoms with van der Waals surface area (Å²) in [5.41, 5.74) is 0. The van der Waals surface area contributed by atoms with Crippen molar-refractivity contribution in [2.24, 2.45) is 0 Å². The molecular weight excluding hydrogens is 940 g/mol. The first-order valence-electron chi connectivity index (χ1n) is 31.4. The molecule has 0 bridgehead atoms. The Labute approximate surface area is 458 Å². The van der Waals surface area contributed by atoms with E-state index < -0.39 is 26.6 Å². The summed E-state index contributed by atoms with van der Waals surface area (Å²) in [5, 5.41) is 3.03. The lowest BCUT2D eigenvalue weighted by Crippen LogP contribution is -2.47. The molecule has 3 atom stereocenters.